The zero-order valence-corrected chi connectivity index (χ0v) is 20.6. The van der Waals surface area contributed by atoms with Crippen LogP contribution < -0.4 is 13.8 Å². The minimum atomic E-state index is -3.83. The molecule has 2 aliphatic heterocycles. The summed E-state index contributed by atoms with van der Waals surface area (Å²) >= 11 is 0. The van der Waals surface area contributed by atoms with Gasteiger partial charge in [-0.2, -0.15) is 0 Å². The highest BCUT2D eigenvalue weighted by atomic mass is 32.2. The summed E-state index contributed by atoms with van der Waals surface area (Å²) in [5, 5.41) is 0. The van der Waals surface area contributed by atoms with E-state index in [4.69, 9.17) is 9.47 Å². The van der Waals surface area contributed by atoms with E-state index < -0.39 is 10.0 Å². The molecule has 0 saturated carbocycles. The monoisotopic (exact) mass is 492 g/mol. The van der Waals surface area contributed by atoms with Gasteiger partial charge in [0.1, 0.15) is 13.2 Å². The molecular weight excluding hydrogens is 464 g/mol. The molecule has 0 N–H and O–H groups in total. The Hall–Kier alpha value is -3.52. The summed E-state index contributed by atoms with van der Waals surface area (Å²) in [5.74, 6) is 1.09. The van der Waals surface area contributed by atoms with E-state index in [-0.39, 0.29) is 16.8 Å². The molecule has 0 spiro atoms. The van der Waals surface area contributed by atoms with E-state index >= 15 is 0 Å². The summed E-state index contributed by atoms with van der Waals surface area (Å²) in [6.45, 7) is 5.54. The molecule has 1 amide bonds. The zero-order chi connectivity index (χ0) is 24.6. The zero-order valence-electron chi connectivity index (χ0n) is 19.8. The normalized spacial score (nSPS) is 16.6. The van der Waals surface area contributed by atoms with E-state index in [1.165, 1.54) is 10.4 Å². The molecular formula is C27H28N2O5S. The smallest absolute Gasteiger partial charge is 0.264 e. The van der Waals surface area contributed by atoms with Crippen LogP contribution in [0.3, 0.4) is 0 Å². The molecule has 1 atom stereocenters. The fourth-order valence-corrected chi connectivity index (χ4v) is 6.52. The Kier molecular flexibility index (Phi) is 6.15. The van der Waals surface area contributed by atoms with Gasteiger partial charge in [0, 0.05) is 30.3 Å². The van der Waals surface area contributed by atoms with E-state index in [0.29, 0.717) is 55.5 Å². The first-order valence-corrected chi connectivity index (χ1v) is 13.2. The number of sulfonamides is 1. The highest BCUT2D eigenvalue weighted by molar-refractivity contribution is 7.92. The third-order valence-electron chi connectivity index (χ3n) is 6.46. The Morgan fingerprint density at radius 2 is 1.80 bits per heavy atom. The third-order valence-corrected chi connectivity index (χ3v) is 8.38. The molecule has 2 aliphatic rings. The quantitative estimate of drug-likeness (QED) is 0.514. The predicted molar refractivity (Wildman–Crippen MR) is 134 cm³/mol. The second-order valence-corrected chi connectivity index (χ2v) is 10.6. The van der Waals surface area contributed by atoms with Gasteiger partial charge < -0.3 is 14.4 Å². The molecule has 5 rings (SSSR count). The van der Waals surface area contributed by atoms with Crippen molar-refractivity contribution in [3.63, 3.8) is 0 Å². The lowest BCUT2D eigenvalue weighted by atomic mass is 10.1. The average molecular weight is 493 g/mol. The maximum atomic E-state index is 13.6. The van der Waals surface area contributed by atoms with Crippen LogP contribution in [0.1, 0.15) is 35.3 Å². The first-order valence-electron chi connectivity index (χ1n) is 11.8. The molecule has 0 radical (unpaired) electrons. The Labute approximate surface area is 205 Å². The minimum Gasteiger partial charge on any atom is -0.486 e. The van der Waals surface area contributed by atoms with Gasteiger partial charge in [0.25, 0.3) is 15.9 Å². The topological polar surface area (TPSA) is 76.1 Å². The minimum absolute atomic E-state index is 0.108. The molecule has 0 aromatic heterocycles. The number of carbonyl (C=O) groups excluding carboxylic acids is 1. The van der Waals surface area contributed by atoms with Crippen LogP contribution in [0.5, 0.6) is 11.5 Å². The highest BCUT2D eigenvalue weighted by Gasteiger charge is 2.36. The molecule has 0 bridgehead atoms. The van der Waals surface area contributed by atoms with Gasteiger partial charge >= 0.3 is 0 Å². The Morgan fingerprint density at radius 1 is 1.03 bits per heavy atom. The Bertz CT molecular complexity index is 1370. The van der Waals surface area contributed by atoms with Crippen LogP contribution in [-0.4, -0.2) is 45.0 Å². The number of nitrogens with zero attached hydrogens (tertiary/aromatic N) is 2. The molecule has 2 heterocycles. The van der Waals surface area contributed by atoms with Crippen LogP contribution in [0.2, 0.25) is 0 Å². The number of hydrogen-bond acceptors (Lipinski definition) is 5. The van der Waals surface area contributed by atoms with Crippen molar-refractivity contribution in [3.8, 4) is 11.5 Å². The molecule has 0 aliphatic carbocycles. The second kappa shape index (κ2) is 9.26. The fourth-order valence-electron chi connectivity index (χ4n) is 4.78. The fraction of sp³-hybridized carbons (Fsp3) is 0.296. The van der Waals surface area contributed by atoms with E-state index in [1.807, 2.05) is 56.3 Å². The molecule has 0 saturated heterocycles. The predicted octanol–water partition coefficient (Wildman–Crippen LogP) is 4.26. The lowest BCUT2D eigenvalue weighted by molar-refractivity contribution is 0.0749. The van der Waals surface area contributed by atoms with Crippen molar-refractivity contribution in [2.75, 3.05) is 24.1 Å². The average Bonchev–Trinajstić information content (AvgIpc) is 3.23. The molecule has 3 aromatic carbocycles. The third kappa shape index (κ3) is 4.23. The van der Waals surface area contributed by atoms with E-state index in [1.54, 1.807) is 23.1 Å². The summed E-state index contributed by atoms with van der Waals surface area (Å²) in [6, 6.07) is 19.3. The number of fused-ring (bicyclic) bond motifs is 2. The van der Waals surface area contributed by atoms with Gasteiger partial charge in [0.2, 0.25) is 0 Å². The first-order chi connectivity index (χ1) is 16.9. The van der Waals surface area contributed by atoms with E-state index in [9.17, 15) is 13.2 Å². The molecule has 1 unspecified atom stereocenters. The number of ether oxygens (including phenoxy) is 2. The summed E-state index contributed by atoms with van der Waals surface area (Å²) in [6.07, 6.45) is 0.658. The molecule has 3 aromatic rings. The summed E-state index contributed by atoms with van der Waals surface area (Å²) in [7, 11) is -3.83. The molecule has 7 nitrogen and oxygen atoms in total. The number of anilines is 1. The van der Waals surface area contributed by atoms with Gasteiger partial charge in [-0.15, -0.1) is 0 Å². The maximum absolute atomic E-state index is 13.6. The van der Waals surface area contributed by atoms with Crippen molar-refractivity contribution in [2.45, 2.75) is 37.8 Å². The summed E-state index contributed by atoms with van der Waals surface area (Å²) in [4.78, 5) is 15.2. The van der Waals surface area contributed by atoms with Crippen molar-refractivity contribution in [3.05, 3.63) is 83.4 Å². The number of hydrogen-bond donors (Lipinski definition) is 0. The SMILES string of the molecule is CCN(Cc1cccc2c1OCCO2)C(=O)c1cccc(S(=O)(=O)N2c3ccccc3CC2C)c1. The Morgan fingerprint density at radius 3 is 2.63 bits per heavy atom. The number of carbonyl (C=O) groups is 1. The molecule has 35 heavy (non-hydrogen) atoms. The van der Waals surface area contributed by atoms with Gasteiger partial charge in [-0.05, 0) is 56.2 Å². The number of para-hydroxylation sites is 2. The number of amides is 1. The molecule has 8 heteroatoms. The first kappa shape index (κ1) is 23.2. The lowest BCUT2D eigenvalue weighted by Crippen LogP contribution is -2.36. The maximum Gasteiger partial charge on any atom is 0.264 e. The van der Waals surface area contributed by atoms with Crippen LogP contribution in [0, 0.1) is 0 Å². The van der Waals surface area contributed by atoms with Crippen LogP contribution in [0.15, 0.2) is 71.6 Å². The van der Waals surface area contributed by atoms with Crippen molar-refractivity contribution in [2.24, 2.45) is 0 Å². The van der Waals surface area contributed by atoms with Gasteiger partial charge in [-0.3, -0.25) is 9.10 Å². The largest absolute Gasteiger partial charge is 0.486 e. The van der Waals surface area contributed by atoms with E-state index in [0.717, 1.165) is 11.1 Å². The highest BCUT2D eigenvalue weighted by Crippen LogP contribution is 2.37. The summed E-state index contributed by atoms with van der Waals surface area (Å²) in [5.41, 5.74) is 2.88. The van der Waals surface area contributed by atoms with Gasteiger partial charge in [0.05, 0.1) is 10.6 Å². The van der Waals surface area contributed by atoms with Crippen LogP contribution in [-0.2, 0) is 23.0 Å². The lowest BCUT2D eigenvalue weighted by Gasteiger charge is -2.26. The van der Waals surface area contributed by atoms with Crippen molar-refractivity contribution >= 4 is 21.6 Å². The van der Waals surface area contributed by atoms with Crippen LogP contribution in [0.25, 0.3) is 0 Å². The van der Waals surface area contributed by atoms with Gasteiger partial charge in [0.15, 0.2) is 11.5 Å². The van der Waals surface area contributed by atoms with Gasteiger partial charge in [-0.25, -0.2) is 8.42 Å². The summed E-state index contributed by atoms with van der Waals surface area (Å²) < 4.78 is 40.2. The molecule has 182 valence electrons. The molecule has 0 fully saturated rings. The number of benzene rings is 3. The van der Waals surface area contributed by atoms with Crippen molar-refractivity contribution in [1.82, 2.24) is 4.90 Å². The second-order valence-electron chi connectivity index (χ2n) is 8.77. The van der Waals surface area contributed by atoms with Crippen molar-refractivity contribution in [1.29, 1.82) is 0 Å². The Balaban J connectivity index is 1.43. The van der Waals surface area contributed by atoms with Crippen molar-refractivity contribution < 1.29 is 22.7 Å². The van der Waals surface area contributed by atoms with Crippen LogP contribution >= 0.6 is 0 Å². The standard InChI is InChI=1S/C27H28N2O5S/c1-3-28(18-22-10-7-13-25-26(22)34-15-14-33-25)27(30)21-9-6-11-23(17-21)35(31,32)29-19(2)16-20-8-4-5-12-24(20)29/h4-13,17,19H,3,14-16,18H2,1-2H3. The van der Waals surface area contributed by atoms with E-state index in [2.05, 4.69) is 0 Å². The number of rotatable bonds is 6. The van der Waals surface area contributed by atoms with Gasteiger partial charge in [-0.1, -0.05) is 36.4 Å². The van der Waals surface area contributed by atoms with Crippen LogP contribution in [0.4, 0.5) is 5.69 Å².